The highest BCUT2D eigenvalue weighted by molar-refractivity contribution is 6.04. The Morgan fingerprint density at radius 2 is 1.91 bits per heavy atom. The van der Waals surface area contributed by atoms with Crippen LogP contribution in [0.4, 0.5) is 36.4 Å². The van der Waals surface area contributed by atoms with Crippen molar-refractivity contribution in [3.63, 3.8) is 0 Å². The molecule has 2 aromatic heterocycles. The molecule has 0 bridgehead atoms. The van der Waals surface area contributed by atoms with Crippen LogP contribution in [-0.4, -0.2) is 33.6 Å². The maximum atomic E-state index is 14.5. The van der Waals surface area contributed by atoms with Crippen molar-refractivity contribution in [1.29, 1.82) is 0 Å². The largest absolute Gasteiger partial charge is 0.436 e. The minimum absolute atomic E-state index is 0.159. The lowest BCUT2D eigenvalue weighted by atomic mass is 10.00. The van der Waals surface area contributed by atoms with Gasteiger partial charge in [0.2, 0.25) is 5.76 Å². The molecule has 1 fully saturated rings. The Morgan fingerprint density at radius 3 is 2.56 bits per heavy atom. The Hall–Kier alpha value is -3.55. The van der Waals surface area contributed by atoms with E-state index in [0.717, 1.165) is 24.5 Å². The van der Waals surface area contributed by atoms with Gasteiger partial charge >= 0.3 is 6.18 Å². The molecule has 14 heteroatoms. The van der Waals surface area contributed by atoms with E-state index in [0.29, 0.717) is 6.07 Å². The second-order valence-corrected chi connectivity index (χ2v) is 7.33. The van der Waals surface area contributed by atoms with Gasteiger partial charge < -0.3 is 14.6 Å². The molecule has 7 nitrogen and oxygen atoms in total. The number of nitrogens with zero attached hydrogens (tertiary/aromatic N) is 3. The molecule has 0 aliphatic carbocycles. The highest BCUT2D eigenvalue weighted by atomic mass is 19.4. The average Bonchev–Trinajstić information content (AvgIpc) is 3.27. The monoisotopic (exact) mass is 490 g/mol. The van der Waals surface area contributed by atoms with E-state index in [4.69, 9.17) is 4.74 Å². The van der Waals surface area contributed by atoms with Crippen molar-refractivity contribution >= 4 is 11.6 Å². The number of ether oxygens (including phenoxy) is 1. The summed E-state index contributed by atoms with van der Waals surface area (Å²) in [6.45, 7) is -0.963. The van der Waals surface area contributed by atoms with Gasteiger partial charge in [-0.05, 0) is 24.6 Å². The van der Waals surface area contributed by atoms with E-state index >= 15 is 0 Å². The average molecular weight is 490 g/mol. The van der Waals surface area contributed by atoms with Crippen molar-refractivity contribution in [2.75, 3.05) is 11.9 Å². The van der Waals surface area contributed by atoms with Crippen molar-refractivity contribution < 1.29 is 44.8 Å². The number of benzene rings is 1. The second-order valence-electron chi connectivity index (χ2n) is 7.33. The molecular formula is C20H13F7N4O3. The number of nitrogens with one attached hydrogen (secondary N) is 1. The predicted octanol–water partition coefficient (Wildman–Crippen LogP) is 5.17. The van der Waals surface area contributed by atoms with Crippen LogP contribution < -0.4 is 5.32 Å². The van der Waals surface area contributed by atoms with Gasteiger partial charge in [-0.25, -0.2) is 27.5 Å². The standard InChI is InChI=1S/C20H13F7N4O3/c21-9-1-2-11(22)10(5-9)15-17(30-18(32)13-6-14(31-34-13)20(25,26)27)16(29-8-28-15)12-3-4-19(23,24)7-33-12/h1-2,5-6,8,12H,3-4,7H2,(H,30,32). The first-order valence-electron chi connectivity index (χ1n) is 9.59. The molecule has 4 rings (SSSR count). The van der Waals surface area contributed by atoms with Crippen molar-refractivity contribution in [3.8, 4) is 11.3 Å². The zero-order chi connectivity index (χ0) is 24.7. The molecule has 34 heavy (non-hydrogen) atoms. The fourth-order valence-electron chi connectivity index (χ4n) is 3.28. The molecule has 3 heterocycles. The van der Waals surface area contributed by atoms with Gasteiger partial charge in [0, 0.05) is 18.1 Å². The molecule has 180 valence electrons. The summed E-state index contributed by atoms with van der Waals surface area (Å²) in [4.78, 5) is 20.4. The van der Waals surface area contributed by atoms with Gasteiger partial charge in [0.1, 0.15) is 36.4 Å². The fourth-order valence-corrected chi connectivity index (χ4v) is 3.28. The quantitative estimate of drug-likeness (QED) is 0.508. The molecule has 1 unspecified atom stereocenters. The molecular weight excluding hydrogens is 477 g/mol. The Labute approximate surface area is 185 Å². The van der Waals surface area contributed by atoms with Gasteiger partial charge in [-0.2, -0.15) is 13.2 Å². The number of aromatic nitrogens is 3. The number of hydrogen-bond donors (Lipinski definition) is 1. The SMILES string of the molecule is O=C(Nc1c(-c2cc(F)ccc2F)ncnc1C1CCC(F)(F)CO1)c1cc(C(F)(F)F)no1. The van der Waals surface area contributed by atoms with Crippen LogP contribution in [0.2, 0.25) is 0 Å². The summed E-state index contributed by atoms with van der Waals surface area (Å²) in [6.07, 6.45) is -5.90. The summed E-state index contributed by atoms with van der Waals surface area (Å²) >= 11 is 0. The molecule has 3 aromatic rings. The highest BCUT2D eigenvalue weighted by Gasteiger charge is 2.39. The molecule has 1 aromatic carbocycles. The van der Waals surface area contributed by atoms with E-state index in [1.54, 1.807) is 0 Å². The van der Waals surface area contributed by atoms with Crippen molar-refractivity contribution in [3.05, 3.63) is 59.4 Å². The van der Waals surface area contributed by atoms with Gasteiger partial charge in [0.25, 0.3) is 11.8 Å². The normalized spacial score (nSPS) is 18.0. The molecule has 1 aliphatic rings. The van der Waals surface area contributed by atoms with Crippen LogP contribution in [0.1, 0.15) is 40.9 Å². The van der Waals surface area contributed by atoms with E-state index in [1.165, 1.54) is 0 Å². The lowest BCUT2D eigenvalue weighted by Gasteiger charge is -2.29. The lowest BCUT2D eigenvalue weighted by Crippen LogP contribution is -2.31. The molecule has 1 aliphatic heterocycles. The zero-order valence-corrected chi connectivity index (χ0v) is 16.8. The van der Waals surface area contributed by atoms with Gasteiger partial charge in [0.05, 0.1) is 11.4 Å². The Kier molecular flexibility index (Phi) is 6.02. The topological polar surface area (TPSA) is 90.1 Å². The smallest absolute Gasteiger partial charge is 0.366 e. The number of hydrogen-bond acceptors (Lipinski definition) is 6. The lowest BCUT2D eigenvalue weighted by molar-refractivity contribution is -0.146. The molecule has 0 radical (unpaired) electrons. The summed E-state index contributed by atoms with van der Waals surface area (Å²) in [5.41, 5.74) is -2.79. The van der Waals surface area contributed by atoms with Crippen LogP contribution in [0.25, 0.3) is 11.3 Å². The summed E-state index contributed by atoms with van der Waals surface area (Å²) < 4.78 is 103. The van der Waals surface area contributed by atoms with Crippen LogP contribution in [0, 0.1) is 11.6 Å². The summed E-state index contributed by atoms with van der Waals surface area (Å²) in [5, 5.41) is 4.98. The Morgan fingerprint density at radius 1 is 1.15 bits per heavy atom. The number of carbonyl (C=O) groups is 1. The van der Waals surface area contributed by atoms with Crippen LogP contribution in [0.3, 0.4) is 0 Å². The van der Waals surface area contributed by atoms with E-state index in [-0.39, 0.29) is 23.5 Å². The maximum Gasteiger partial charge on any atom is 0.436 e. The van der Waals surface area contributed by atoms with E-state index in [2.05, 4.69) is 25.0 Å². The van der Waals surface area contributed by atoms with Crippen LogP contribution >= 0.6 is 0 Å². The molecule has 1 amide bonds. The Bertz CT molecular complexity index is 1220. The second kappa shape index (κ2) is 8.66. The molecule has 0 spiro atoms. The zero-order valence-electron chi connectivity index (χ0n) is 16.8. The molecule has 1 N–H and O–H groups in total. The first-order chi connectivity index (χ1) is 15.9. The van der Waals surface area contributed by atoms with E-state index < -0.39 is 65.8 Å². The summed E-state index contributed by atoms with van der Waals surface area (Å²) in [5.74, 6) is -7.01. The van der Waals surface area contributed by atoms with Crippen LogP contribution in [-0.2, 0) is 10.9 Å². The van der Waals surface area contributed by atoms with Crippen molar-refractivity contribution in [2.45, 2.75) is 31.0 Å². The van der Waals surface area contributed by atoms with Gasteiger partial charge in [0.15, 0.2) is 5.69 Å². The van der Waals surface area contributed by atoms with Gasteiger partial charge in [-0.15, -0.1) is 0 Å². The van der Waals surface area contributed by atoms with E-state index in [1.807, 2.05) is 0 Å². The van der Waals surface area contributed by atoms with Gasteiger partial charge in [-0.3, -0.25) is 4.79 Å². The minimum Gasteiger partial charge on any atom is -0.366 e. The third-order valence-corrected chi connectivity index (χ3v) is 4.90. The number of rotatable bonds is 4. The highest BCUT2D eigenvalue weighted by Crippen LogP contribution is 2.40. The fraction of sp³-hybridized carbons (Fsp3) is 0.300. The first-order valence-corrected chi connectivity index (χ1v) is 9.59. The third kappa shape index (κ3) is 4.85. The van der Waals surface area contributed by atoms with Crippen molar-refractivity contribution in [2.24, 2.45) is 0 Å². The van der Waals surface area contributed by atoms with Crippen molar-refractivity contribution in [1.82, 2.24) is 15.1 Å². The molecule has 1 saturated heterocycles. The number of anilines is 1. The number of amides is 1. The number of halogens is 7. The maximum absolute atomic E-state index is 14.5. The summed E-state index contributed by atoms with van der Waals surface area (Å²) in [7, 11) is 0. The minimum atomic E-state index is -4.89. The number of alkyl halides is 5. The predicted molar refractivity (Wildman–Crippen MR) is 99.7 cm³/mol. The number of carbonyl (C=O) groups excluding carboxylic acids is 1. The van der Waals surface area contributed by atoms with Gasteiger partial charge in [-0.1, -0.05) is 5.16 Å². The van der Waals surface area contributed by atoms with E-state index in [9.17, 15) is 35.5 Å². The first kappa shape index (κ1) is 23.6. The third-order valence-electron chi connectivity index (χ3n) is 4.90. The molecule has 1 atom stereocenters. The van der Waals surface area contributed by atoms with Crippen LogP contribution in [0.5, 0.6) is 0 Å². The van der Waals surface area contributed by atoms with Crippen LogP contribution in [0.15, 0.2) is 35.1 Å². The Balaban J connectivity index is 1.77. The molecule has 0 saturated carbocycles. The summed E-state index contributed by atoms with van der Waals surface area (Å²) in [6, 6.07) is 2.72.